The van der Waals surface area contributed by atoms with Crippen molar-refractivity contribution in [2.45, 2.75) is 43.9 Å². The van der Waals surface area contributed by atoms with Gasteiger partial charge in [-0.3, -0.25) is 0 Å². The molecule has 0 amide bonds. The van der Waals surface area contributed by atoms with Gasteiger partial charge in [0, 0.05) is 11.3 Å². The first-order chi connectivity index (χ1) is 4.83. The molecule has 0 radical (unpaired) electrons. The zero-order valence-corrected chi connectivity index (χ0v) is 7.49. The van der Waals surface area contributed by atoms with Gasteiger partial charge in [-0.25, -0.2) is 0 Å². The molecule has 0 aromatic rings. The summed E-state index contributed by atoms with van der Waals surface area (Å²) in [6.07, 6.45) is 5.24. The summed E-state index contributed by atoms with van der Waals surface area (Å²) in [4.78, 5) is 0. The Morgan fingerprint density at radius 2 is 2.30 bits per heavy atom. The van der Waals surface area contributed by atoms with Crippen LogP contribution in [0.25, 0.3) is 0 Å². The van der Waals surface area contributed by atoms with Gasteiger partial charge in [0.25, 0.3) is 0 Å². The molecule has 1 aliphatic carbocycles. The van der Waals surface area contributed by atoms with E-state index in [1.54, 1.807) is 0 Å². The molecule has 0 spiro atoms. The Bertz CT molecular complexity index is 93.3. The number of thioether (sulfide) groups is 1. The van der Waals surface area contributed by atoms with E-state index in [1.807, 2.05) is 0 Å². The predicted octanol–water partition coefficient (Wildman–Crippen LogP) is 2.01. The van der Waals surface area contributed by atoms with Gasteiger partial charge in [0.05, 0.1) is 0 Å². The van der Waals surface area contributed by atoms with Crippen LogP contribution in [0, 0.1) is 0 Å². The second-order valence-corrected chi connectivity index (χ2v) is 4.58. The summed E-state index contributed by atoms with van der Waals surface area (Å²) in [7, 11) is 0. The van der Waals surface area contributed by atoms with E-state index in [9.17, 15) is 0 Å². The molecule has 1 saturated carbocycles. The largest absolute Gasteiger partial charge is 0.328 e. The number of hydrogen-bond acceptors (Lipinski definition) is 2. The molecule has 0 saturated heterocycles. The van der Waals surface area contributed by atoms with E-state index in [0.29, 0.717) is 6.04 Å². The highest BCUT2D eigenvalue weighted by Gasteiger charge is 2.18. The van der Waals surface area contributed by atoms with Crippen molar-refractivity contribution in [2.75, 3.05) is 5.75 Å². The molecule has 0 aromatic carbocycles. The Morgan fingerprint density at radius 3 is 2.90 bits per heavy atom. The van der Waals surface area contributed by atoms with E-state index in [0.717, 1.165) is 5.25 Å². The zero-order valence-electron chi connectivity index (χ0n) is 6.68. The van der Waals surface area contributed by atoms with E-state index < -0.39 is 0 Å². The maximum Gasteiger partial charge on any atom is 0.00616 e. The summed E-state index contributed by atoms with van der Waals surface area (Å²) in [5.41, 5.74) is 5.84. The summed E-state index contributed by atoms with van der Waals surface area (Å²) in [5, 5.41) is 0.869. The molecule has 2 heteroatoms. The van der Waals surface area contributed by atoms with Crippen molar-refractivity contribution >= 4 is 11.8 Å². The summed E-state index contributed by atoms with van der Waals surface area (Å²) in [6, 6.07) is 0.498. The minimum absolute atomic E-state index is 0.498. The van der Waals surface area contributed by atoms with Crippen molar-refractivity contribution in [3.8, 4) is 0 Å². The van der Waals surface area contributed by atoms with Gasteiger partial charge in [0.15, 0.2) is 0 Å². The first kappa shape index (κ1) is 8.41. The van der Waals surface area contributed by atoms with Crippen molar-refractivity contribution in [3.05, 3.63) is 0 Å². The molecule has 1 nitrogen and oxygen atoms in total. The third-order valence-electron chi connectivity index (χ3n) is 2.07. The van der Waals surface area contributed by atoms with E-state index in [2.05, 4.69) is 18.7 Å². The lowest BCUT2D eigenvalue weighted by Crippen LogP contribution is -2.29. The monoisotopic (exact) mass is 159 g/mol. The Hall–Kier alpha value is 0.310. The molecule has 0 heterocycles. The topological polar surface area (TPSA) is 26.0 Å². The highest BCUT2D eigenvalue weighted by molar-refractivity contribution is 7.99. The third-order valence-corrected chi connectivity index (χ3v) is 3.30. The second kappa shape index (κ2) is 4.24. The number of rotatable bonds is 2. The normalized spacial score (nSPS) is 34.2. The van der Waals surface area contributed by atoms with Crippen molar-refractivity contribution in [3.63, 3.8) is 0 Å². The van der Waals surface area contributed by atoms with Crippen LogP contribution in [0.15, 0.2) is 0 Å². The highest BCUT2D eigenvalue weighted by atomic mass is 32.2. The second-order valence-electron chi connectivity index (χ2n) is 3.00. The number of nitrogens with two attached hydrogens (primary N) is 1. The molecule has 2 N–H and O–H groups in total. The fourth-order valence-electron chi connectivity index (χ4n) is 1.57. The van der Waals surface area contributed by atoms with Gasteiger partial charge in [-0.15, -0.1) is 0 Å². The first-order valence-corrected chi connectivity index (χ1v) is 5.25. The maximum absolute atomic E-state index is 5.84. The Balaban J connectivity index is 2.18. The number of hydrogen-bond donors (Lipinski definition) is 1. The standard InChI is InChI=1S/C8H17NS/c1-2-10-8-5-3-4-7(9)6-8/h7-8H,2-6,9H2,1H3/t7-,8+/m0/s1. The molecule has 10 heavy (non-hydrogen) atoms. The summed E-state index contributed by atoms with van der Waals surface area (Å²) >= 11 is 2.08. The van der Waals surface area contributed by atoms with Gasteiger partial charge in [0.1, 0.15) is 0 Å². The van der Waals surface area contributed by atoms with Crippen LogP contribution in [-0.2, 0) is 0 Å². The molecular formula is C8H17NS. The SMILES string of the molecule is CCS[C@@H]1CCC[C@H](N)C1. The maximum atomic E-state index is 5.84. The van der Waals surface area contributed by atoms with Crippen LogP contribution in [0.3, 0.4) is 0 Å². The van der Waals surface area contributed by atoms with Gasteiger partial charge >= 0.3 is 0 Å². The fraction of sp³-hybridized carbons (Fsp3) is 1.00. The molecule has 0 aromatic heterocycles. The smallest absolute Gasteiger partial charge is 0.00616 e. The van der Waals surface area contributed by atoms with E-state index >= 15 is 0 Å². The molecular weight excluding hydrogens is 142 g/mol. The van der Waals surface area contributed by atoms with E-state index in [4.69, 9.17) is 5.73 Å². The molecule has 1 aliphatic rings. The molecule has 0 bridgehead atoms. The van der Waals surface area contributed by atoms with Crippen LogP contribution in [-0.4, -0.2) is 17.0 Å². The Kier molecular flexibility index (Phi) is 3.57. The lowest BCUT2D eigenvalue weighted by Gasteiger charge is -2.25. The van der Waals surface area contributed by atoms with Gasteiger partial charge in [-0.05, 0) is 25.0 Å². The van der Waals surface area contributed by atoms with Crippen molar-refractivity contribution in [1.29, 1.82) is 0 Å². The molecule has 2 atom stereocenters. The van der Waals surface area contributed by atoms with Gasteiger partial charge in [-0.2, -0.15) is 11.8 Å². The third kappa shape index (κ3) is 2.51. The Labute approximate surface area is 67.8 Å². The lowest BCUT2D eigenvalue weighted by molar-refractivity contribution is 0.451. The molecule has 0 aliphatic heterocycles. The van der Waals surface area contributed by atoms with Crippen molar-refractivity contribution < 1.29 is 0 Å². The van der Waals surface area contributed by atoms with Crippen molar-refractivity contribution in [2.24, 2.45) is 5.73 Å². The van der Waals surface area contributed by atoms with Gasteiger partial charge in [-0.1, -0.05) is 13.3 Å². The highest BCUT2D eigenvalue weighted by Crippen LogP contribution is 2.27. The molecule has 1 rings (SSSR count). The minimum atomic E-state index is 0.498. The minimum Gasteiger partial charge on any atom is -0.328 e. The molecule has 1 fully saturated rings. The van der Waals surface area contributed by atoms with Crippen LogP contribution in [0.4, 0.5) is 0 Å². The molecule has 0 unspecified atom stereocenters. The van der Waals surface area contributed by atoms with Crippen LogP contribution in [0.5, 0.6) is 0 Å². The molecule has 60 valence electrons. The average Bonchev–Trinajstić information content (AvgIpc) is 1.88. The zero-order chi connectivity index (χ0) is 7.40. The van der Waals surface area contributed by atoms with Crippen LogP contribution >= 0.6 is 11.8 Å². The van der Waals surface area contributed by atoms with Crippen LogP contribution in [0.2, 0.25) is 0 Å². The van der Waals surface area contributed by atoms with Gasteiger partial charge < -0.3 is 5.73 Å². The average molecular weight is 159 g/mol. The van der Waals surface area contributed by atoms with Crippen LogP contribution in [0.1, 0.15) is 32.6 Å². The predicted molar refractivity (Wildman–Crippen MR) is 48.4 cm³/mol. The first-order valence-electron chi connectivity index (χ1n) is 4.20. The van der Waals surface area contributed by atoms with E-state index in [1.165, 1.54) is 31.4 Å². The summed E-state index contributed by atoms with van der Waals surface area (Å²) < 4.78 is 0. The Morgan fingerprint density at radius 1 is 1.50 bits per heavy atom. The quantitative estimate of drug-likeness (QED) is 0.667. The van der Waals surface area contributed by atoms with Crippen molar-refractivity contribution in [1.82, 2.24) is 0 Å². The lowest BCUT2D eigenvalue weighted by atomic mass is 9.96. The fourth-order valence-corrected chi connectivity index (χ4v) is 2.76. The van der Waals surface area contributed by atoms with E-state index in [-0.39, 0.29) is 0 Å². The summed E-state index contributed by atoms with van der Waals surface area (Å²) in [6.45, 7) is 2.23. The van der Waals surface area contributed by atoms with Gasteiger partial charge in [0.2, 0.25) is 0 Å². The summed E-state index contributed by atoms with van der Waals surface area (Å²) in [5.74, 6) is 1.25. The van der Waals surface area contributed by atoms with Crippen LogP contribution < -0.4 is 5.73 Å².